The van der Waals surface area contributed by atoms with Crippen molar-refractivity contribution in [2.75, 3.05) is 14.2 Å². The molecule has 1 aliphatic heterocycles. The lowest BCUT2D eigenvalue weighted by Crippen LogP contribution is -2.46. The summed E-state index contributed by atoms with van der Waals surface area (Å²) in [6, 6.07) is 8.68. The molecule has 0 spiro atoms. The van der Waals surface area contributed by atoms with Gasteiger partial charge in [-0.05, 0) is 44.7 Å². The molecule has 3 heterocycles. The summed E-state index contributed by atoms with van der Waals surface area (Å²) in [6.07, 6.45) is 11.1. The van der Waals surface area contributed by atoms with Crippen molar-refractivity contribution in [3.63, 3.8) is 0 Å². The summed E-state index contributed by atoms with van der Waals surface area (Å²) in [5.74, 6) is 1.77. The second kappa shape index (κ2) is 12.0. The van der Waals surface area contributed by atoms with E-state index in [4.69, 9.17) is 19.2 Å². The molecule has 0 amide bonds. The predicted octanol–water partition coefficient (Wildman–Crippen LogP) is 4.69. The second-order valence-electron chi connectivity index (χ2n) is 10.2. The van der Waals surface area contributed by atoms with E-state index in [1.54, 1.807) is 20.4 Å². The van der Waals surface area contributed by atoms with Crippen LogP contribution in [0, 0.1) is 6.92 Å². The fourth-order valence-electron chi connectivity index (χ4n) is 5.17. The molecule has 1 aliphatic carbocycles. The number of pyridine rings is 1. The van der Waals surface area contributed by atoms with Crippen molar-refractivity contribution in [3.05, 3.63) is 54.4 Å². The Kier molecular flexibility index (Phi) is 8.24. The monoisotopic (exact) mass is 519 g/mol. The van der Waals surface area contributed by atoms with Gasteiger partial charge in [0.05, 0.1) is 36.7 Å². The standard InChI is InChI=1S/C29H37N5O4/c1-18-9-10-19-13-22(27(37-3)16-24(19)32-18)25-17-31-28(34-25)23(33-20-14-21(15-20)36-2)7-5-4-6-8-26(35)29-30-11-12-38-29/h9-13,16-17,20-21,23,29-30,33H,4-8,14-15H2,1-3H3,(H,31,34)/t20?,21?,23-,29?/m0/s1. The highest BCUT2D eigenvalue weighted by atomic mass is 16.5. The number of carbonyl (C=O) groups is 1. The summed E-state index contributed by atoms with van der Waals surface area (Å²) < 4.78 is 16.4. The fourth-order valence-corrected chi connectivity index (χ4v) is 5.17. The van der Waals surface area contributed by atoms with Crippen LogP contribution in [0.3, 0.4) is 0 Å². The van der Waals surface area contributed by atoms with E-state index in [1.165, 1.54) is 6.26 Å². The van der Waals surface area contributed by atoms with Gasteiger partial charge in [-0.1, -0.05) is 18.9 Å². The van der Waals surface area contributed by atoms with Crippen molar-refractivity contribution in [2.45, 2.75) is 76.3 Å². The molecule has 202 valence electrons. The minimum atomic E-state index is -0.523. The SMILES string of the molecule is COc1cc2nc(C)ccc2cc1-c1cnc([C@H](CCCCCC(=O)C2NC=CO2)NC2CC(OC)C2)[nH]1. The van der Waals surface area contributed by atoms with E-state index >= 15 is 0 Å². The number of H-pyrrole nitrogens is 1. The molecule has 1 fully saturated rings. The first-order chi connectivity index (χ1) is 18.5. The lowest BCUT2D eigenvalue weighted by molar-refractivity contribution is -0.127. The van der Waals surface area contributed by atoms with Crippen LogP contribution in [-0.2, 0) is 14.3 Å². The molecule has 2 aliphatic rings. The highest BCUT2D eigenvalue weighted by molar-refractivity contribution is 5.87. The van der Waals surface area contributed by atoms with Crippen LogP contribution in [-0.4, -0.2) is 53.3 Å². The number of aromatic nitrogens is 3. The highest BCUT2D eigenvalue weighted by Crippen LogP contribution is 2.34. The van der Waals surface area contributed by atoms with Gasteiger partial charge in [0.25, 0.3) is 0 Å². The van der Waals surface area contributed by atoms with E-state index in [0.29, 0.717) is 18.6 Å². The third-order valence-corrected chi connectivity index (χ3v) is 7.47. The predicted molar refractivity (Wildman–Crippen MR) is 146 cm³/mol. The van der Waals surface area contributed by atoms with Gasteiger partial charge in [0.2, 0.25) is 6.23 Å². The number of aryl methyl sites for hydroxylation is 1. The van der Waals surface area contributed by atoms with Crippen molar-refractivity contribution >= 4 is 16.7 Å². The second-order valence-corrected chi connectivity index (χ2v) is 10.2. The summed E-state index contributed by atoms with van der Waals surface area (Å²) in [5.41, 5.74) is 3.76. The molecule has 3 N–H and O–H groups in total. The summed E-state index contributed by atoms with van der Waals surface area (Å²) in [7, 11) is 3.45. The first-order valence-corrected chi connectivity index (χ1v) is 13.4. The number of aromatic amines is 1. The van der Waals surface area contributed by atoms with Crippen molar-refractivity contribution in [1.29, 1.82) is 0 Å². The largest absolute Gasteiger partial charge is 0.496 e. The number of unbranched alkanes of at least 4 members (excludes halogenated alkanes) is 2. The number of ketones is 1. The van der Waals surface area contributed by atoms with Crippen LogP contribution >= 0.6 is 0 Å². The number of hydrogen-bond acceptors (Lipinski definition) is 8. The van der Waals surface area contributed by atoms with Crippen molar-refractivity contribution in [3.8, 4) is 17.0 Å². The van der Waals surface area contributed by atoms with Gasteiger partial charge in [-0.15, -0.1) is 0 Å². The minimum Gasteiger partial charge on any atom is -0.496 e. The van der Waals surface area contributed by atoms with Gasteiger partial charge in [0.15, 0.2) is 5.78 Å². The average Bonchev–Trinajstić information content (AvgIpc) is 3.61. The maximum atomic E-state index is 12.2. The van der Waals surface area contributed by atoms with Gasteiger partial charge in [-0.3, -0.25) is 9.78 Å². The number of benzene rings is 1. The Morgan fingerprint density at radius 2 is 2.08 bits per heavy atom. The fraction of sp³-hybridized carbons (Fsp3) is 0.483. The zero-order valence-electron chi connectivity index (χ0n) is 22.3. The van der Waals surface area contributed by atoms with Crippen LogP contribution < -0.4 is 15.4 Å². The highest BCUT2D eigenvalue weighted by Gasteiger charge is 2.31. The molecule has 9 nitrogen and oxygen atoms in total. The Hall–Kier alpha value is -3.43. The molecule has 0 bridgehead atoms. The van der Waals surface area contributed by atoms with Crippen LogP contribution in [0.5, 0.6) is 5.75 Å². The van der Waals surface area contributed by atoms with E-state index in [-0.39, 0.29) is 11.8 Å². The maximum absolute atomic E-state index is 12.2. The number of Topliss-reactive ketones (excluding diaryl/α,β-unsaturated/α-hetero) is 1. The first-order valence-electron chi connectivity index (χ1n) is 13.4. The zero-order valence-corrected chi connectivity index (χ0v) is 22.3. The van der Waals surface area contributed by atoms with Gasteiger partial charge in [0.1, 0.15) is 17.8 Å². The number of nitrogens with zero attached hydrogens (tertiary/aromatic N) is 2. The lowest BCUT2D eigenvalue weighted by Gasteiger charge is -2.37. The van der Waals surface area contributed by atoms with Gasteiger partial charge < -0.3 is 29.8 Å². The molecule has 2 atom stereocenters. The molecule has 38 heavy (non-hydrogen) atoms. The number of nitrogens with one attached hydrogen (secondary N) is 3. The van der Waals surface area contributed by atoms with Gasteiger partial charge >= 0.3 is 0 Å². The summed E-state index contributed by atoms with van der Waals surface area (Å²) in [4.78, 5) is 25.2. The van der Waals surface area contributed by atoms with Gasteiger partial charge in [-0.2, -0.15) is 0 Å². The number of rotatable bonds is 13. The van der Waals surface area contributed by atoms with Gasteiger partial charge in [0, 0.05) is 48.5 Å². The molecule has 9 heteroatoms. The molecular formula is C29H37N5O4. The number of imidazole rings is 1. The molecule has 2 aromatic heterocycles. The van der Waals surface area contributed by atoms with Gasteiger partial charge in [-0.25, -0.2) is 4.98 Å². The van der Waals surface area contributed by atoms with Crippen LogP contribution in [0.15, 0.2) is 42.9 Å². The normalized spacial score (nSPS) is 21.1. The third kappa shape index (κ3) is 6.00. The van der Waals surface area contributed by atoms with Crippen molar-refractivity contribution in [1.82, 2.24) is 25.6 Å². The summed E-state index contributed by atoms with van der Waals surface area (Å²) in [5, 5.41) is 7.76. The van der Waals surface area contributed by atoms with Crippen LogP contribution in [0.4, 0.5) is 0 Å². The van der Waals surface area contributed by atoms with Crippen molar-refractivity contribution in [2.24, 2.45) is 0 Å². The molecule has 1 aromatic carbocycles. The Labute approximate surface area is 223 Å². The Morgan fingerprint density at radius 3 is 2.84 bits per heavy atom. The van der Waals surface area contributed by atoms with E-state index in [0.717, 1.165) is 78.0 Å². The van der Waals surface area contributed by atoms with E-state index in [1.807, 2.05) is 25.3 Å². The molecule has 5 rings (SSSR count). The van der Waals surface area contributed by atoms with Crippen LogP contribution in [0.25, 0.3) is 22.2 Å². The molecule has 3 aromatic rings. The summed E-state index contributed by atoms with van der Waals surface area (Å²) >= 11 is 0. The number of ether oxygens (including phenoxy) is 3. The number of fused-ring (bicyclic) bond motifs is 1. The molecule has 0 saturated heterocycles. The molecule has 1 saturated carbocycles. The Bertz CT molecular complexity index is 1280. The third-order valence-electron chi connectivity index (χ3n) is 7.47. The van der Waals surface area contributed by atoms with E-state index in [2.05, 4.69) is 32.7 Å². The molecule has 0 radical (unpaired) electrons. The minimum absolute atomic E-state index is 0.0852. The smallest absolute Gasteiger partial charge is 0.228 e. The first kappa shape index (κ1) is 26.2. The molecular weight excluding hydrogens is 482 g/mol. The van der Waals surface area contributed by atoms with E-state index in [9.17, 15) is 4.79 Å². The lowest BCUT2D eigenvalue weighted by atomic mass is 9.88. The average molecular weight is 520 g/mol. The molecule has 1 unspecified atom stereocenters. The Morgan fingerprint density at radius 1 is 1.21 bits per heavy atom. The zero-order chi connectivity index (χ0) is 26.5. The quantitative estimate of drug-likeness (QED) is 0.279. The Balaban J connectivity index is 1.26. The van der Waals surface area contributed by atoms with E-state index < -0.39 is 6.23 Å². The number of hydrogen-bond donors (Lipinski definition) is 3. The topological polar surface area (TPSA) is 110 Å². The van der Waals surface area contributed by atoms with Crippen molar-refractivity contribution < 1.29 is 19.0 Å². The summed E-state index contributed by atoms with van der Waals surface area (Å²) in [6.45, 7) is 1.99. The van der Waals surface area contributed by atoms with Crippen LogP contribution in [0.2, 0.25) is 0 Å². The van der Waals surface area contributed by atoms with Crippen LogP contribution in [0.1, 0.15) is 62.5 Å². The maximum Gasteiger partial charge on any atom is 0.228 e. The number of carbonyl (C=O) groups excluding carboxylic acids is 1. The number of methoxy groups -OCH3 is 2.